The van der Waals surface area contributed by atoms with Gasteiger partial charge in [-0.3, -0.25) is 14.6 Å². The topological polar surface area (TPSA) is 62.7 Å². The van der Waals surface area contributed by atoms with Crippen LogP contribution in [0.4, 0.5) is 0 Å². The molecule has 2 amide bonds. The van der Waals surface area contributed by atoms with Crippen LogP contribution in [0.5, 0.6) is 5.75 Å². The average molecular weight is 400 g/mol. The molecule has 1 aliphatic rings. The minimum atomic E-state index is -0.0451. The second-order valence-electron chi connectivity index (χ2n) is 6.54. The Bertz CT molecular complexity index is 800. The molecule has 0 aliphatic carbocycles. The van der Waals surface area contributed by atoms with Crippen molar-refractivity contribution in [3.05, 3.63) is 59.9 Å². The van der Waals surface area contributed by atoms with Crippen molar-refractivity contribution in [3.8, 4) is 5.75 Å². The summed E-state index contributed by atoms with van der Waals surface area (Å²) in [5.74, 6) is 1.80. The van der Waals surface area contributed by atoms with Gasteiger partial charge in [-0.05, 0) is 30.7 Å². The van der Waals surface area contributed by atoms with Gasteiger partial charge in [0.25, 0.3) is 5.91 Å². The summed E-state index contributed by atoms with van der Waals surface area (Å²) in [7, 11) is 1.57. The van der Waals surface area contributed by atoms with E-state index in [0.29, 0.717) is 43.2 Å². The predicted molar refractivity (Wildman–Crippen MR) is 110 cm³/mol. The van der Waals surface area contributed by atoms with Gasteiger partial charge in [-0.15, -0.1) is 11.8 Å². The first kappa shape index (κ1) is 20.2. The quantitative estimate of drug-likeness (QED) is 0.747. The number of methoxy groups -OCH3 is 1. The third-order valence-electron chi connectivity index (χ3n) is 4.67. The van der Waals surface area contributed by atoms with Crippen LogP contribution in [0.2, 0.25) is 0 Å². The largest absolute Gasteiger partial charge is 0.496 e. The van der Waals surface area contributed by atoms with Gasteiger partial charge < -0.3 is 14.5 Å². The molecule has 1 saturated heterocycles. The number of aromatic nitrogens is 1. The van der Waals surface area contributed by atoms with Gasteiger partial charge in [0.05, 0.1) is 24.1 Å². The van der Waals surface area contributed by atoms with Crippen LogP contribution in [-0.2, 0) is 10.5 Å². The summed E-state index contributed by atoms with van der Waals surface area (Å²) < 4.78 is 5.31. The highest BCUT2D eigenvalue weighted by molar-refractivity contribution is 7.99. The number of hydrogen-bond donors (Lipinski definition) is 0. The molecule has 1 aromatic carbocycles. The lowest BCUT2D eigenvalue weighted by molar-refractivity contribution is -0.128. The molecule has 0 radical (unpaired) electrons. The Hall–Kier alpha value is -2.54. The van der Waals surface area contributed by atoms with Crippen LogP contribution >= 0.6 is 11.8 Å². The fourth-order valence-electron chi connectivity index (χ4n) is 3.18. The molecule has 0 saturated carbocycles. The third kappa shape index (κ3) is 5.25. The summed E-state index contributed by atoms with van der Waals surface area (Å²) in [6.45, 7) is 2.41. The predicted octanol–water partition coefficient (Wildman–Crippen LogP) is 2.70. The number of hydrogen-bond acceptors (Lipinski definition) is 5. The van der Waals surface area contributed by atoms with Crippen LogP contribution in [0, 0.1) is 0 Å². The lowest BCUT2D eigenvalue weighted by atomic mass is 10.1. The molecule has 2 heterocycles. The van der Waals surface area contributed by atoms with Gasteiger partial charge in [0.1, 0.15) is 5.75 Å². The normalized spacial score (nSPS) is 14.5. The van der Waals surface area contributed by atoms with Gasteiger partial charge in [0.2, 0.25) is 5.91 Å². The number of carbonyl (C=O) groups is 2. The van der Waals surface area contributed by atoms with Crippen LogP contribution in [0.25, 0.3) is 0 Å². The highest BCUT2D eigenvalue weighted by atomic mass is 32.2. The maximum atomic E-state index is 12.9. The highest BCUT2D eigenvalue weighted by Gasteiger charge is 2.24. The lowest BCUT2D eigenvalue weighted by Gasteiger charge is -2.23. The zero-order chi connectivity index (χ0) is 19.8. The summed E-state index contributed by atoms with van der Waals surface area (Å²) in [6, 6.07) is 13.1. The van der Waals surface area contributed by atoms with Gasteiger partial charge >= 0.3 is 0 Å². The number of ether oxygens (including phenoxy) is 1. The molecule has 3 rings (SSSR count). The van der Waals surface area contributed by atoms with E-state index < -0.39 is 0 Å². The van der Waals surface area contributed by atoms with Crippen LogP contribution in [0.3, 0.4) is 0 Å². The van der Waals surface area contributed by atoms with Crippen molar-refractivity contribution >= 4 is 23.6 Å². The highest BCUT2D eigenvalue weighted by Crippen LogP contribution is 2.20. The summed E-state index contributed by atoms with van der Waals surface area (Å²) >= 11 is 1.57. The van der Waals surface area contributed by atoms with Crippen molar-refractivity contribution in [3.63, 3.8) is 0 Å². The maximum absolute atomic E-state index is 12.9. The Morgan fingerprint density at radius 1 is 1.04 bits per heavy atom. The van der Waals surface area contributed by atoms with Gasteiger partial charge in [0.15, 0.2) is 0 Å². The molecule has 0 atom stereocenters. The average Bonchev–Trinajstić information content (AvgIpc) is 3.00. The standard InChI is InChI=1S/C21H25N3O3S/c1-27-19-9-3-2-8-18(19)21(26)24-12-6-11-23(13-14-24)20(25)16-28-15-17-7-4-5-10-22-17/h2-5,7-10H,6,11-16H2,1H3. The number of rotatable bonds is 6. The minimum absolute atomic E-state index is 0.0451. The van der Waals surface area contributed by atoms with Crippen LogP contribution in [0.15, 0.2) is 48.7 Å². The van der Waals surface area contributed by atoms with Gasteiger partial charge in [0, 0.05) is 38.1 Å². The van der Waals surface area contributed by atoms with E-state index in [2.05, 4.69) is 4.98 Å². The first-order chi connectivity index (χ1) is 13.7. The van der Waals surface area contributed by atoms with Crippen LogP contribution in [0.1, 0.15) is 22.5 Å². The van der Waals surface area contributed by atoms with Crippen molar-refractivity contribution < 1.29 is 14.3 Å². The summed E-state index contributed by atoms with van der Waals surface area (Å²) in [5, 5.41) is 0. The molecule has 0 spiro atoms. The maximum Gasteiger partial charge on any atom is 0.257 e. The van der Waals surface area contributed by atoms with Gasteiger partial charge in [-0.2, -0.15) is 0 Å². The number of benzene rings is 1. The molecule has 28 heavy (non-hydrogen) atoms. The summed E-state index contributed by atoms with van der Waals surface area (Å²) in [5.41, 5.74) is 1.54. The van der Waals surface area contributed by atoms with Gasteiger partial charge in [-0.1, -0.05) is 18.2 Å². The van der Waals surface area contributed by atoms with E-state index in [1.807, 2.05) is 40.1 Å². The Morgan fingerprint density at radius 2 is 1.79 bits per heavy atom. The Labute approximate surface area is 169 Å². The van der Waals surface area contributed by atoms with Crippen molar-refractivity contribution in [1.29, 1.82) is 0 Å². The number of carbonyl (C=O) groups excluding carboxylic acids is 2. The molecule has 1 aliphatic heterocycles. The lowest BCUT2D eigenvalue weighted by Crippen LogP contribution is -2.38. The second kappa shape index (κ2) is 10.1. The molecule has 2 aromatic rings. The van der Waals surface area contributed by atoms with E-state index in [-0.39, 0.29) is 11.8 Å². The molecule has 148 valence electrons. The van der Waals surface area contributed by atoms with Crippen LogP contribution < -0.4 is 4.74 Å². The van der Waals surface area contributed by atoms with Gasteiger partial charge in [-0.25, -0.2) is 0 Å². The number of thioether (sulfide) groups is 1. The molecule has 0 unspecified atom stereocenters. The van der Waals surface area contributed by atoms with E-state index in [1.54, 1.807) is 37.2 Å². The molecule has 0 bridgehead atoms. The van der Waals surface area contributed by atoms with E-state index in [1.165, 1.54) is 0 Å². The first-order valence-electron chi connectivity index (χ1n) is 9.37. The first-order valence-corrected chi connectivity index (χ1v) is 10.5. The third-order valence-corrected chi connectivity index (χ3v) is 5.63. The van der Waals surface area contributed by atoms with E-state index >= 15 is 0 Å². The molecule has 6 nitrogen and oxygen atoms in total. The van der Waals surface area contributed by atoms with E-state index in [0.717, 1.165) is 17.9 Å². The molecular weight excluding hydrogens is 374 g/mol. The van der Waals surface area contributed by atoms with E-state index in [9.17, 15) is 9.59 Å². The SMILES string of the molecule is COc1ccccc1C(=O)N1CCCN(C(=O)CSCc2ccccn2)CC1. The van der Waals surface area contributed by atoms with E-state index in [4.69, 9.17) is 4.74 Å². The second-order valence-corrected chi connectivity index (χ2v) is 7.53. The fourth-order valence-corrected chi connectivity index (χ4v) is 4.02. The Morgan fingerprint density at radius 3 is 2.57 bits per heavy atom. The number of amides is 2. The minimum Gasteiger partial charge on any atom is -0.496 e. The summed E-state index contributed by atoms with van der Waals surface area (Å²) in [6.07, 6.45) is 2.54. The van der Waals surface area contributed by atoms with Crippen molar-refractivity contribution in [2.75, 3.05) is 39.0 Å². The smallest absolute Gasteiger partial charge is 0.257 e. The monoisotopic (exact) mass is 399 g/mol. The Kier molecular flexibility index (Phi) is 7.31. The van der Waals surface area contributed by atoms with Crippen molar-refractivity contribution in [2.24, 2.45) is 0 Å². The number of pyridine rings is 1. The molecule has 1 aromatic heterocycles. The molecule has 7 heteroatoms. The summed E-state index contributed by atoms with van der Waals surface area (Å²) in [4.78, 5) is 33.4. The van der Waals surface area contributed by atoms with Crippen molar-refractivity contribution in [1.82, 2.24) is 14.8 Å². The van der Waals surface area contributed by atoms with Crippen LogP contribution in [-0.4, -0.2) is 65.6 Å². The molecule has 0 N–H and O–H groups in total. The van der Waals surface area contributed by atoms with Crippen molar-refractivity contribution in [2.45, 2.75) is 12.2 Å². The molecular formula is C21H25N3O3S. The number of nitrogens with zero attached hydrogens (tertiary/aromatic N) is 3. The number of para-hydroxylation sites is 1. The zero-order valence-corrected chi connectivity index (χ0v) is 16.9. The zero-order valence-electron chi connectivity index (χ0n) is 16.0. The Balaban J connectivity index is 1.51. The molecule has 1 fully saturated rings. The fraction of sp³-hybridized carbons (Fsp3) is 0.381.